The number of hydrogen-bond donors (Lipinski definition) is 0. The van der Waals surface area contributed by atoms with Gasteiger partial charge in [-0.3, -0.25) is 4.98 Å². The van der Waals surface area contributed by atoms with Crippen LogP contribution < -0.4 is 4.74 Å². The van der Waals surface area contributed by atoms with Gasteiger partial charge >= 0.3 is 0 Å². The molecule has 0 unspecified atom stereocenters. The predicted molar refractivity (Wildman–Crippen MR) is 126 cm³/mol. The van der Waals surface area contributed by atoms with Gasteiger partial charge in [-0.25, -0.2) is 4.39 Å². The molecule has 0 aliphatic heterocycles. The number of aromatic nitrogens is 1. The summed E-state index contributed by atoms with van der Waals surface area (Å²) in [5.41, 5.74) is 2.86. The highest BCUT2D eigenvalue weighted by molar-refractivity contribution is 5.60. The van der Waals surface area contributed by atoms with Gasteiger partial charge < -0.3 is 4.74 Å². The Kier molecular flexibility index (Phi) is 11.5. The summed E-state index contributed by atoms with van der Waals surface area (Å²) >= 11 is 0. The van der Waals surface area contributed by atoms with Crippen molar-refractivity contribution in [3.05, 3.63) is 47.9 Å². The van der Waals surface area contributed by atoms with Crippen LogP contribution in [0.5, 0.6) is 5.75 Å². The molecule has 0 saturated heterocycles. The zero-order chi connectivity index (χ0) is 21.6. The quantitative estimate of drug-likeness (QED) is 0.273. The lowest BCUT2D eigenvalue weighted by atomic mass is 10.0. The van der Waals surface area contributed by atoms with E-state index in [4.69, 9.17) is 4.74 Å². The highest BCUT2D eigenvalue weighted by Crippen LogP contribution is 2.25. The Morgan fingerprint density at radius 1 is 0.933 bits per heavy atom. The Hall–Kier alpha value is -1.90. The fourth-order valence-corrected chi connectivity index (χ4v) is 3.61. The minimum absolute atomic E-state index is 0.313. The van der Waals surface area contributed by atoms with Gasteiger partial charge in [0.15, 0.2) is 11.6 Å². The molecule has 1 aromatic carbocycles. The number of nitrogens with zero attached hydrogens (tertiary/aromatic N) is 1. The van der Waals surface area contributed by atoms with E-state index >= 15 is 0 Å². The van der Waals surface area contributed by atoms with Gasteiger partial charge in [-0.05, 0) is 61.4 Å². The predicted octanol–water partition coefficient (Wildman–Crippen LogP) is 8.39. The molecule has 1 heterocycles. The highest BCUT2D eigenvalue weighted by Gasteiger charge is 2.08. The smallest absolute Gasteiger partial charge is 0.165 e. The summed E-state index contributed by atoms with van der Waals surface area (Å²) in [6, 6.07) is 9.27. The number of benzene rings is 1. The molecule has 1 aromatic heterocycles. The summed E-state index contributed by atoms with van der Waals surface area (Å²) in [6.07, 6.45) is 15.3. The average molecular weight is 414 g/mol. The Bertz CT molecular complexity index is 713. The van der Waals surface area contributed by atoms with Gasteiger partial charge in [-0.1, -0.05) is 71.8 Å². The Morgan fingerprint density at radius 2 is 1.73 bits per heavy atom. The van der Waals surface area contributed by atoms with Crippen molar-refractivity contribution in [2.24, 2.45) is 5.92 Å². The van der Waals surface area contributed by atoms with Gasteiger partial charge in [0.05, 0.1) is 12.3 Å². The largest absolute Gasteiger partial charge is 0.491 e. The van der Waals surface area contributed by atoms with Crippen LogP contribution in [-0.2, 0) is 6.42 Å². The van der Waals surface area contributed by atoms with Crippen LogP contribution in [0.1, 0.15) is 90.5 Å². The SMILES string of the molecule is CCCCCCCCc1ccc(-c2ccc(OCCCC[C@@H](C)CC)c(F)c2)nc1. The molecule has 2 nitrogen and oxygen atoms in total. The van der Waals surface area contributed by atoms with E-state index in [2.05, 4.69) is 31.8 Å². The summed E-state index contributed by atoms with van der Waals surface area (Å²) < 4.78 is 20.1. The van der Waals surface area contributed by atoms with Crippen molar-refractivity contribution < 1.29 is 9.13 Å². The molecule has 30 heavy (non-hydrogen) atoms. The summed E-state index contributed by atoms with van der Waals surface area (Å²) in [6.45, 7) is 7.30. The number of aryl methyl sites for hydroxylation is 1. The van der Waals surface area contributed by atoms with Crippen LogP contribution in [0.25, 0.3) is 11.3 Å². The Labute approximate surface area is 183 Å². The number of halogens is 1. The minimum atomic E-state index is -0.313. The van der Waals surface area contributed by atoms with Gasteiger partial charge in [0, 0.05) is 11.8 Å². The van der Waals surface area contributed by atoms with Crippen LogP contribution in [0.15, 0.2) is 36.5 Å². The van der Waals surface area contributed by atoms with Gasteiger partial charge in [-0.2, -0.15) is 0 Å². The third kappa shape index (κ3) is 8.85. The molecule has 0 aliphatic carbocycles. The second kappa shape index (κ2) is 14.2. The van der Waals surface area contributed by atoms with Crippen LogP contribution in [0.2, 0.25) is 0 Å². The molecular formula is C27H40FNO. The van der Waals surface area contributed by atoms with E-state index in [1.165, 1.54) is 63.0 Å². The summed E-state index contributed by atoms with van der Waals surface area (Å²) in [5.74, 6) is 0.778. The lowest BCUT2D eigenvalue weighted by Crippen LogP contribution is -2.01. The van der Waals surface area contributed by atoms with Crippen LogP contribution >= 0.6 is 0 Å². The van der Waals surface area contributed by atoms with Crippen LogP contribution in [-0.4, -0.2) is 11.6 Å². The lowest BCUT2D eigenvalue weighted by molar-refractivity contribution is 0.286. The Balaban J connectivity index is 1.78. The van der Waals surface area contributed by atoms with Crippen molar-refractivity contribution >= 4 is 0 Å². The summed E-state index contributed by atoms with van der Waals surface area (Å²) in [5, 5.41) is 0. The molecule has 2 rings (SSSR count). The van der Waals surface area contributed by atoms with Crippen molar-refractivity contribution in [3.8, 4) is 17.0 Å². The van der Waals surface area contributed by atoms with Gasteiger partial charge in [0.25, 0.3) is 0 Å². The third-order valence-electron chi connectivity index (χ3n) is 5.92. The zero-order valence-corrected chi connectivity index (χ0v) is 19.3. The molecule has 0 spiro atoms. The van der Waals surface area contributed by atoms with Crippen molar-refractivity contribution in [2.45, 2.75) is 91.4 Å². The first-order valence-electron chi connectivity index (χ1n) is 12.0. The number of pyridine rings is 1. The maximum absolute atomic E-state index is 14.4. The van der Waals surface area contributed by atoms with Gasteiger partial charge in [-0.15, -0.1) is 0 Å². The molecule has 0 radical (unpaired) electrons. The molecule has 0 bridgehead atoms. The Morgan fingerprint density at radius 3 is 2.43 bits per heavy atom. The van der Waals surface area contributed by atoms with E-state index in [-0.39, 0.29) is 5.82 Å². The molecule has 3 heteroatoms. The topological polar surface area (TPSA) is 22.1 Å². The van der Waals surface area contributed by atoms with E-state index in [0.29, 0.717) is 12.4 Å². The number of hydrogen-bond acceptors (Lipinski definition) is 2. The van der Waals surface area contributed by atoms with Gasteiger partial charge in [0.1, 0.15) is 0 Å². The first-order chi connectivity index (χ1) is 14.6. The fraction of sp³-hybridized carbons (Fsp3) is 0.593. The number of ether oxygens (including phenoxy) is 1. The summed E-state index contributed by atoms with van der Waals surface area (Å²) in [7, 11) is 0. The van der Waals surface area contributed by atoms with Crippen molar-refractivity contribution in [3.63, 3.8) is 0 Å². The number of unbranched alkanes of at least 4 members (excludes halogenated alkanes) is 6. The van der Waals surface area contributed by atoms with Crippen LogP contribution in [0.4, 0.5) is 4.39 Å². The third-order valence-corrected chi connectivity index (χ3v) is 5.92. The molecule has 166 valence electrons. The van der Waals surface area contributed by atoms with Gasteiger partial charge in [0.2, 0.25) is 0 Å². The van der Waals surface area contributed by atoms with Crippen molar-refractivity contribution in [1.29, 1.82) is 0 Å². The normalized spacial score (nSPS) is 12.1. The van der Waals surface area contributed by atoms with Crippen molar-refractivity contribution in [2.75, 3.05) is 6.61 Å². The molecule has 0 N–H and O–H groups in total. The van der Waals surface area contributed by atoms with E-state index in [9.17, 15) is 4.39 Å². The maximum atomic E-state index is 14.4. The van der Waals surface area contributed by atoms with Crippen LogP contribution in [0, 0.1) is 11.7 Å². The molecule has 0 amide bonds. The fourth-order valence-electron chi connectivity index (χ4n) is 3.61. The minimum Gasteiger partial charge on any atom is -0.491 e. The second-order valence-corrected chi connectivity index (χ2v) is 8.57. The van der Waals surface area contributed by atoms with Crippen LogP contribution in [0.3, 0.4) is 0 Å². The summed E-state index contributed by atoms with van der Waals surface area (Å²) in [4.78, 5) is 4.55. The number of rotatable bonds is 15. The standard InChI is InChI=1S/C27H40FNO/c1-4-6-7-8-9-10-14-23-15-17-26(29-21-23)24-16-18-27(25(28)20-24)30-19-12-11-13-22(3)5-2/h15-18,20-22H,4-14,19H2,1-3H3/t22-/m0/s1. The van der Waals surface area contributed by atoms with Crippen molar-refractivity contribution in [1.82, 2.24) is 4.98 Å². The molecule has 0 saturated carbocycles. The molecule has 2 aromatic rings. The van der Waals surface area contributed by atoms with E-state index in [1.807, 2.05) is 18.3 Å². The highest BCUT2D eigenvalue weighted by atomic mass is 19.1. The molecule has 0 aliphatic rings. The zero-order valence-electron chi connectivity index (χ0n) is 19.3. The first-order valence-corrected chi connectivity index (χ1v) is 12.0. The lowest BCUT2D eigenvalue weighted by Gasteiger charge is -2.10. The molecule has 0 fully saturated rings. The van der Waals surface area contributed by atoms with E-state index < -0.39 is 0 Å². The second-order valence-electron chi connectivity index (χ2n) is 8.57. The van der Waals surface area contributed by atoms with E-state index in [0.717, 1.165) is 36.4 Å². The molecular weight excluding hydrogens is 373 g/mol. The molecule has 1 atom stereocenters. The maximum Gasteiger partial charge on any atom is 0.165 e. The monoisotopic (exact) mass is 413 g/mol. The first kappa shape index (κ1) is 24.4. The average Bonchev–Trinajstić information content (AvgIpc) is 2.77. The van der Waals surface area contributed by atoms with E-state index in [1.54, 1.807) is 6.07 Å².